The molecule has 118 valence electrons. The highest BCUT2D eigenvalue weighted by Crippen LogP contribution is 2.37. The van der Waals surface area contributed by atoms with Crippen LogP contribution in [0, 0.1) is 13.8 Å². The van der Waals surface area contributed by atoms with E-state index in [0.29, 0.717) is 5.15 Å². The number of carbonyl (C=O) groups excluding carboxylic acids is 1. The second-order valence-corrected chi connectivity index (χ2v) is 6.23. The number of likely N-dealkylation sites (tertiary alicyclic amines) is 1. The minimum Gasteiger partial charge on any atom is -0.334 e. The molecule has 0 radical (unpaired) electrons. The molecule has 3 rings (SSSR count). The zero-order valence-electron chi connectivity index (χ0n) is 13.1. The maximum absolute atomic E-state index is 12.6. The fourth-order valence-corrected chi connectivity index (χ4v) is 3.47. The molecule has 3 heterocycles. The SMILES string of the molecule is Cc1cnn(CC(=O)N2CCC[C@@H]2c2c(C)nn(C)c2Cl)c1. The van der Waals surface area contributed by atoms with Crippen LogP contribution < -0.4 is 0 Å². The van der Waals surface area contributed by atoms with Crippen LogP contribution in [0.3, 0.4) is 0 Å². The summed E-state index contributed by atoms with van der Waals surface area (Å²) in [7, 11) is 1.83. The van der Waals surface area contributed by atoms with Crippen molar-refractivity contribution in [2.75, 3.05) is 6.54 Å². The van der Waals surface area contributed by atoms with Crippen LogP contribution in [-0.2, 0) is 18.4 Å². The third-order valence-corrected chi connectivity index (χ3v) is 4.61. The molecule has 1 atom stereocenters. The predicted octanol–water partition coefficient (Wildman–Crippen LogP) is 2.25. The molecule has 7 heteroatoms. The van der Waals surface area contributed by atoms with Crippen LogP contribution in [0.25, 0.3) is 0 Å². The molecule has 2 aromatic heterocycles. The second-order valence-electron chi connectivity index (χ2n) is 5.87. The molecule has 22 heavy (non-hydrogen) atoms. The molecule has 0 N–H and O–H groups in total. The zero-order chi connectivity index (χ0) is 15.9. The summed E-state index contributed by atoms with van der Waals surface area (Å²) in [5, 5.41) is 9.18. The van der Waals surface area contributed by atoms with Crippen LogP contribution >= 0.6 is 11.6 Å². The van der Waals surface area contributed by atoms with Gasteiger partial charge in [-0.05, 0) is 32.3 Å². The number of hydrogen-bond acceptors (Lipinski definition) is 3. The maximum atomic E-state index is 12.6. The third kappa shape index (κ3) is 2.63. The van der Waals surface area contributed by atoms with Crippen LogP contribution in [0.5, 0.6) is 0 Å². The van der Waals surface area contributed by atoms with Gasteiger partial charge in [0, 0.05) is 25.4 Å². The number of nitrogens with zero attached hydrogens (tertiary/aromatic N) is 5. The Morgan fingerprint density at radius 3 is 2.82 bits per heavy atom. The molecule has 0 aromatic carbocycles. The van der Waals surface area contributed by atoms with Crippen LogP contribution in [-0.4, -0.2) is 36.9 Å². The highest BCUT2D eigenvalue weighted by Gasteiger charge is 2.34. The monoisotopic (exact) mass is 321 g/mol. The van der Waals surface area contributed by atoms with E-state index >= 15 is 0 Å². The zero-order valence-corrected chi connectivity index (χ0v) is 13.8. The van der Waals surface area contributed by atoms with Crippen molar-refractivity contribution in [3.05, 3.63) is 34.4 Å². The van der Waals surface area contributed by atoms with Crippen molar-refractivity contribution in [3.63, 3.8) is 0 Å². The number of halogens is 1. The number of rotatable bonds is 3. The summed E-state index contributed by atoms with van der Waals surface area (Å²) in [6.07, 6.45) is 5.55. The minimum atomic E-state index is 0.0189. The van der Waals surface area contributed by atoms with Crippen molar-refractivity contribution in [1.29, 1.82) is 0 Å². The molecule has 0 saturated carbocycles. The Morgan fingerprint density at radius 2 is 2.23 bits per heavy atom. The highest BCUT2D eigenvalue weighted by atomic mass is 35.5. The summed E-state index contributed by atoms with van der Waals surface area (Å²) in [6, 6.07) is 0.0189. The summed E-state index contributed by atoms with van der Waals surface area (Å²) in [4.78, 5) is 14.5. The topological polar surface area (TPSA) is 56.0 Å². The standard InChI is InChI=1S/C15H20ClN5O/c1-10-7-17-20(8-10)9-13(22)21-6-4-5-12(21)14-11(2)18-19(3)15(14)16/h7-8,12H,4-6,9H2,1-3H3/t12-/m1/s1. The van der Waals surface area contributed by atoms with E-state index < -0.39 is 0 Å². The van der Waals surface area contributed by atoms with Gasteiger partial charge in [0.1, 0.15) is 11.7 Å². The lowest BCUT2D eigenvalue weighted by Crippen LogP contribution is -2.33. The molecule has 1 aliphatic rings. The Kier molecular flexibility index (Phi) is 3.95. The largest absolute Gasteiger partial charge is 0.334 e. The van der Waals surface area contributed by atoms with Gasteiger partial charge in [0.25, 0.3) is 0 Å². The van der Waals surface area contributed by atoms with Gasteiger partial charge in [0.15, 0.2) is 0 Å². The van der Waals surface area contributed by atoms with Crippen molar-refractivity contribution in [3.8, 4) is 0 Å². The number of hydrogen-bond donors (Lipinski definition) is 0. The summed E-state index contributed by atoms with van der Waals surface area (Å²) < 4.78 is 3.36. The Hall–Kier alpha value is -1.82. The Bertz CT molecular complexity index is 705. The lowest BCUT2D eigenvalue weighted by molar-refractivity contribution is -0.133. The molecule has 1 amide bonds. The van der Waals surface area contributed by atoms with Gasteiger partial charge in [-0.15, -0.1) is 0 Å². The van der Waals surface area contributed by atoms with Crippen molar-refractivity contribution in [2.45, 2.75) is 39.3 Å². The van der Waals surface area contributed by atoms with E-state index in [9.17, 15) is 4.79 Å². The van der Waals surface area contributed by atoms with Gasteiger partial charge >= 0.3 is 0 Å². The quantitative estimate of drug-likeness (QED) is 0.871. The lowest BCUT2D eigenvalue weighted by Gasteiger charge is -2.25. The third-order valence-electron chi connectivity index (χ3n) is 4.16. The molecular formula is C15H20ClN5O. The Morgan fingerprint density at radius 1 is 1.45 bits per heavy atom. The van der Waals surface area contributed by atoms with Crippen molar-refractivity contribution >= 4 is 17.5 Å². The number of carbonyl (C=O) groups is 1. The molecule has 1 aliphatic heterocycles. The van der Waals surface area contributed by atoms with Crippen molar-refractivity contribution in [2.24, 2.45) is 7.05 Å². The van der Waals surface area contributed by atoms with Crippen LogP contribution in [0.15, 0.2) is 12.4 Å². The molecule has 6 nitrogen and oxygen atoms in total. The van der Waals surface area contributed by atoms with Gasteiger partial charge < -0.3 is 4.90 Å². The molecule has 0 bridgehead atoms. The highest BCUT2D eigenvalue weighted by molar-refractivity contribution is 6.30. The summed E-state index contributed by atoms with van der Waals surface area (Å²) in [5.41, 5.74) is 2.93. The first kappa shape index (κ1) is 15.1. The van der Waals surface area contributed by atoms with Gasteiger partial charge in [-0.1, -0.05) is 11.6 Å². The summed E-state index contributed by atoms with van der Waals surface area (Å²) >= 11 is 6.37. The Balaban J connectivity index is 1.82. The normalized spacial score (nSPS) is 18.2. The first-order valence-corrected chi connectivity index (χ1v) is 7.82. The van der Waals surface area contributed by atoms with Gasteiger partial charge in [-0.3, -0.25) is 14.2 Å². The van der Waals surface area contributed by atoms with Gasteiger partial charge in [-0.25, -0.2) is 0 Å². The molecule has 0 spiro atoms. The van der Waals surface area contributed by atoms with E-state index in [1.165, 1.54) is 0 Å². The van der Waals surface area contributed by atoms with Crippen molar-refractivity contribution in [1.82, 2.24) is 24.5 Å². The number of aryl methyl sites for hydroxylation is 3. The maximum Gasteiger partial charge on any atom is 0.244 e. The molecular weight excluding hydrogens is 302 g/mol. The molecule has 1 fully saturated rings. The van der Waals surface area contributed by atoms with Gasteiger partial charge in [0.05, 0.1) is 17.9 Å². The lowest BCUT2D eigenvalue weighted by atomic mass is 10.1. The van der Waals surface area contributed by atoms with Crippen molar-refractivity contribution < 1.29 is 4.79 Å². The fourth-order valence-electron chi connectivity index (χ4n) is 3.17. The van der Waals surface area contributed by atoms with Gasteiger partial charge in [-0.2, -0.15) is 10.2 Å². The minimum absolute atomic E-state index is 0.0189. The van der Waals surface area contributed by atoms with Crippen LogP contribution in [0.1, 0.15) is 35.7 Å². The smallest absolute Gasteiger partial charge is 0.244 e. The average Bonchev–Trinajstić information content (AvgIpc) is 3.12. The number of amides is 1. The Labute approximate surface area is 134 Å². The fraction of sp³-hybridized carbons (Fsp3) is 0.533. The van der Waals surface area contributed by atoms with Crippen LogP contribution in [0.4, 0.5) is 0 Å². The summed E-state index contributed by atoms with van der Waals surface area (Å²) in [5.74, 6) is 0.0740. The van der Waals surface area contributed by atoms with E-state index in [0.717, 1.165) is 36.2 Å². The second kappa shape index (κ2) is 5.76. The van der Waals surface area contributed by atoms with E-state index in [-0.39, 0.29) is 18.5 Å². The molecule has 0 unspecified atom stereocenters. The van der Waals surface area contributed by atoms with E-state index in [2.05, 4.69) is 10.2 Å². The summed E-state index contributed by atoms with van der Waals surface area (Å²) in [6.45, 7) is 4.93. The van der Waals surface area contributed by atoms with Gasteiger partial charge in [0.2, 0.25) is 5.91 Å². The first-order chi connectivity index (χ1) is 10.5. The van der Waals surface area contributed by atoms with E-state index in [4.69, 9.17) is 11.6 Å². The predicted molar refractivity (Wildman–Crippen MR) is 83.6 cm³/mol. The number of aromatic nitrogens is 4. The molecule has 0 aliphatic carbocycles. The molecule has 1 saturated heterocycles. The molecule has 2 aromatic rings. The first-order valence-electron chi connectivity index (χ1n) is 7.45. The van der Waals surface area contributed by atoms with E-state index in [1.807, 2.05) is 32.0 Å². The van der Waals surface area contributed by atoms with Crippen LogP contribution in [0.2, 0.25) is 5.15 Å². The van der Waals surface area contributed by atoms with E-state index in [1.54, 1.807) is 15.6 Å². The average molecular weight is 322 g/mol.